The molecule has 2 N–H and O–H groups in total. The first kappa shape index (κ1) is 9.44. The predicted molar refractivity (Wildman–Crippen MR) is 53.6 cm³/mol. The second kappa shape index (κ2) is 2.94. The van der Waals surface area contributed by atoms with E-state index in [4.69, 9.17) is 0 Å². The van der Waals surface area contributed by atoms with Crippen LogP contribution in [-0.4, -0.2) is 30.0 Å². The Morgan fingerprint density at radius 1 is 1.15 bits per heavy atom. The van der Waals surface area contributed by atoms with Crippen LogP contribution in [-0.2, 0) is 0 Å². The summed E-state index contributed by atoms with van der Waals surface area (Å²) in [6.07, 6.45) is 3.77. The maximum Gasteiger partial charge on any atom is 0.164 e. The first-order valence-electron chi connectivity index (χ1n) is 5.44. The van der Waals surface area contributed by atoms with Crippen LogP contribution in [0.4, 0.5) is 0 Å². The summed E-state index contributed by atoms with van der Waals surface area (Å²) in [6, 6.07) is 0.735. The summed E-state index contributed by atoms with van der Waals surface area (Å²) in [5.41, 5.74) is 3.64. The lowest BCUT2D eigenvalue weighted by molar-refractivity contribution is -0.992. The van der Waals surface area contributed by atoms with Gasteiger partial charge in [-0.2, -0.15) is 0 Å². The zero-order valence-electron chi connectivity index (χ0n) is 9.17. The maximum atomic E-state index is 3.64. The van der Waals surface area contributed by atoms with Crippen molar-refractivity contribution >= 4 is 0 Å². The Labute approximate surface area is 81.1 Å². The van der Waals surface area contributed by atoms with E-state index in [1.165, 1.54) is 12.8 Å². The van der Waals surface area contributed by atoms with Crippen molar-refractivity contribution in [2.45, 2.75) is 52.0 Å². The minimum absolute atomic E-state index is 0.456. The highest BCUT2D eigenvalue weighted by Gasteiger charge is 2.50. The molecule has 5 atom stereocenters. The summed E-state index contributed by atoms with van der Waals surface area (Å²) in [6.45, 7) is 6.92. The molecule has 2 saturated heterocycles. The van der Waals surface area contributed by atoms with Crippen LogP contribution in [0.2, 0.25) is 0 Å². The fourth-order valence-corrected chi connectivity index (χ4v) is 2.97. The van der Waals surface area contributed by atoms with E-state index in [-0.39, 0.29) is 0 Å². The van der Waals surface area contributed by atoms with Crippen molar-refractivity contribution in [3.8, 4) is 0 Å². The number of fused-ring (bicyclic) bond motifs is 1. The molecular formula is C10H22N3+. The summed E-state index contributed by atoms with van der Waals surface area (Å²) in [7, 11) is 2.32. The van der Waals surface area contributed by atoms with E-state index in [1.807, 2.05) is 0 Å². The first-order valence-corrected chi connectivity index (χ1v) is 5.44. The summed E-state index contributed by atoms with van der Waals surface area (Å²) < 4.78 is 1.02. The second-order valence-corrected chi connectivity index (χ2v) is 5.01. The van der Waals surface area contributed by atoms with Crippen molar-refractivity contribution in [3.05, 3.63) is 0 Å². The predicted octanol–water partition coefficient (Wildman–Crippen LogP) is 1.03. The van der Waals surface area contributed by atoms with Gasteiger partial charge in [0.05, 0.1) is 7.05 Å². The van der Waals surface area contributed by atoms with E-state index in [9.17, 15) is 0 Å². The normalized spacial score (nSPS) is 56.3. The van der Waals surface area contributed by atoms with Gasteiger partial charge in [0, 0.05) is 12.3 Å². The van der Waals surface area contributed by atoms with Gasteiger partial charge in [-0.1, -0.05) is 6.92 Å². The lowest BCUT2D eigenvalue weighted by atomic mass is 9.91. The van der Waals surface area contributed by atoms with Crippen LogP contribution in [0.15, 0.2) is 0 Å². The highest BCUT2D eigenvalue weighted by atomic mass is 15.8. The average Bonchev–Trinajstić information content (AvgIpc) is 2.37. The molecule has 3 nitrogen and oxygen atoms in total. The van der Waals surface area contributed by atoms with Crippen molar-refractivity contribution in [2.24, 2.45) is 5.92 Å². The Kier molecular flexibility index (Phi) is 2.13. The SMILES string of the molecule is CC1NC2C(C)CCC(C)[N+]2(C)N1. The molecule has 0 bridgehead atoms. The number of quaternary nitrogens is 1. The molecule has 0 aromatic rings. The van der Waals surface area contributed by atoms with E-state index in [2.05, 4.69) is 38.6 Å². The van der Waals surface area contributed by atoms with Gasteiger partial charge in [-0.05, 0) is 20.3 Å². The van der Waals surface area contributed by atoms with Gasteiger partial charge in [-0.25, -0.2) is 9.91 Å². The maximum absolute atomic E-state index is 3.64. The van der Waals surface area contributed by atoms with E-state index >= 15 is 0 Å². The van der Waals surface area contributed by atoms with Gasteiger partial charge in [-0.3, -0.25) is 0 Å². The average molecular weight is 184 g/mol. The van der Waals surface area contributed by atoms with E-state index < -0.39 is 0 Å². The quantitative estimate of drug-likeness (QED) is 0.550. The first-order chi connectivity index (χ1) is 6.04. The number of piperidine rings is 1. The van der Waals surface area contributed by atoms with Gasteiger partial charge in [0.15, 0.2) is 6.17 Å². The minimum Gasteiger partial charge on any atom is -0.246 e. The third-order valence-electron chi connectivity index (χ3n) is 3.96. The van der Waals surface area contributed by atoms with Crippen LogP contribution in [0.5, 0.6) is 0 Å². The molecule has 0 aromatic carbocycles. The summed E-state index contributed by atoms with van der Waals surface area (Å²) in [5, 5.41) is 3.64. The van der Waals surface area contributed by atoms with Gasteiger partial charge >= 0.3 is 0 Å². The third kappa shape index (κ3) is 1.30. The lowest BCUT2D eigenvalue weighted by Gasteiger charge is -2.45. The molecule has 2 rings (SSSR count). The van der Waals surface area contributed by atoms with Crippen LogP contribution < -0.4 is 10.7 Å². The van der Waals surface area contributed by atoms with Gasteiger partial charge in [0.1, 0.15) is 12.2 Å². The Hall–Kier alpha value is -0.120. The standard InChI is InChI=1S/C10H22N3/c1-7-5-6-8(2)13(4)10(7)11-9(3)12-13/h7-12H,5-6H2,1-4H3/q+1. The van der Waals surface area contributed by atoms with Gasteiger partial charge in [0.25, 0.3) is 0 Å². The fraction of sp³-hybridized carbons (Fsp3) is 1.00. The summed E-state index contributed by atoms with van der Waals surface area (Å²) >= 11 is 0. The molecule has 2 fully saturated rings. The van der Waals surface area contributed by atoms with Gasteiger partial charge < -0.3 is 0 Å². The van der Waals surface area contributed by atoms with E-state index in [1.54, 1.807) is 0 Å². The van der Waals surface area contributed by atoms with Crippen LogP contribution in [0.3, 0.4) is 0 Å². The van der Waals surface area contributed by atoms with E-state index in [0.717, 1.165) is 16.6 Å². The molecule has 2 aliphatic heterocycles. The topological polar surface area (TPSA) is 24.1 Å². The molecule has 0 radical (unpaired) electrons. The Morgan fingerprint density at radius 3 is 2.46 bits per heavy atom. The molecule has 13 heavy (non-hydrogen) atoms. The lowest BCUT2D eigenvalue weighted by Crippen LogP contribution is -2.66. The van der Waals surface area contributed by atoms with Crippen molar-refractivity contribution in [2.75, 3.05) is 7.05 Å². The highest BCUT2D eigenvalue weighted by Crippen LogP contribution is 2.33. The molecule has 2 aliphatic rings. The van der Waals surface area contributed by atoms with E-state index in [0.29, 0.717) is 12.3 Å². The molecule has 76 valence electrons. The van der Waals surface area contributed by atoms with Crippen LogP contribution in [0.25, 0.3) is 0 Å². The van der Waals surface area contributed by atoms with Crippen LogP contribution >= 0.6 is 0 Å². The van der Waals surface area contributed by atoms with Crippen molar-refractivity contribution in [1.82, 2.24) is 10.7 Å². The molecule has 0 saturated carbocycles. The molecule has 3 heteroatoms. The molecule has 0 spiro atoms. The number of hydrogen-bond acceptors (Lipinski definition) is 2. The number of hydrogen-bond donors (Lipinski definition) is 2. The fourth-order valence-electron chi connectivity index (χ4n) is 2.97. The third-order valence-corrected chi connectivity index (χ3v) is 3.96. The zero-order chi connectivity index (χ0) is 9.64. The van der Waals surface area contributed by atoms with Gasteiger partial charge in [0.2, 0.25) is 0 Å². The second-order valence-electron chi connectivity index (χ2n) is 5.01. The summed E-state index contributed by atoms with van der Waals surface area (Å²) in [4.78, 5) is 0. The smallest absolute Gasteiger partial charge is 0.164 e. The number of rotatable bonds is 0. The Balaban J connectivity index is 2.23. The van der Waals surface area contributed by atoms with Crippen molar-refractivity contribution in [1.29, 1.82) is 0 Å². The zero-order valence-corrected chi connectivity index (χ0v) is 9.17. The molecular weight excluding hydrogens is 162 g/mol. The number of nitrogens with one attached hydrogen (secondary N) is 2. The molecule has 0 aromatic heterocycles. The Morgan fingerprint density at radius 2 is 1.85 bits per heavy atom. The molecule has 5 unspecified atom stereocenters. The summed E-state index contributed by atoms with van der Waals surface area (Å²) in [5.74, 6) is 0.790. The van der Waals surface area contributed by atoms with Gasteiger partial charge in [-0.15, -0.1) is 5.43 Å². The van der Waals surface area contributed by atoms with Crippen LogP contribution in [0, 0.1) is 5.92 Å². The largest absolute Gasteiger partial charge is 0.246 e. The van der Waals surface area contributed by atoms with Crippen molar-refractivity contribution < 1.29 is 4.59 Å². The van der Waals surface area contributed by atoms with Crippen LogP contribution in [0.1, 0.15) is 33.6 Å². The minimum atomic E-state index is 0.456. The van der Waals surface area contributed by atoms with Crippen molar-refractivity contribution in [3.63, 3.8) is 0 Å². The monoisotopic (exact) mass is 184 g/mol. The number of nitrogens with zero attached hydrogens (tertiary/aromatic N) is 1. The highest BCUT2D eigenvalue weighted by molar-refractivity contribution is 4.79. The molecule has 0 aliphatic carbocycles. The molecule has 2 heterocycles. The molecule has 0 amide bonds. The Bertz CT molecular complexity index is 206.